The van der Waals surface area contributed by atoms with Gasteiger partial charge in [-0.15, -0.1) is 17.8 Å². The summed E-state index contributed by atoms with van der Waals surface area (Å²) in [6.45, 7) is 6.94. The summed E-state index contributed by atoms with van der Waals surface area (Å²) in [5.41, 5.74) is 3.90. The molecule has 0 radical (unpaired) electrons. The van der Waals surface area contributed by atoms with Gasteiger partial charge in [0.05, 0.1) is 30.4 Å². The second-order valence-electron chi connectivity index (χ2n) is 7.95. The molecule has 0 saturated carbocycles. The summed E-state index contributed by atoms with van der Waals surface area (Å²) in [7, 11) is 1.65. The number of anilines is 1. The van der Waals surface area contributed by atoms with Crippen LogP contribution in [0.25, 0.3) is 11.3 Å². The molecule has 0 N–H and O–H groups in total. The monoisotopic (exact) mass is 482 g/mol. The van der Waals surface area contributed by atoms with Crippen LogP contribution in [0, 0.1) is 26.2 Å². The van der Waals surface area contributed by atoms with E-state index in [1.807, 2.05) is 25.1 Å². The van der Waals surface area contributed by atoms with E-state index in [0.29, 0.717) is 11.6 Å². The summed E-state index contributed by atoms with van der Waals surface area (Å²) < 4.78 is 16.5. The molecule has 0 unspecified atom stereocenters. The fourth-order valence-corrected chi connectivity index (χ4v) is 5.34. The third kappa shape index (κ3) is 4.62. The Labute approximate surface area is 204 Å². The Hall–Kier alpha value is -2.88. The van der Waals surface area contributed by atoms with Gasteiger partial charge >= 0.3 is 0 Å². The van der Waals surface area contributed by atoms with Crippen LogP contribution in [0.5, 0.6) is 17.2 Å². The minimum absolute atomic E-state index is 0.0621. The molecule has 1 aliphatic rings. The van der Waals surface area contributed by atoms with Crippen LogP contribution in [0.3, 0.4) is 0 Å². The molecule has 33 heavy (non-hydrogen) atoms. The Bertz CT molecular complexity index is 1200. The molecule has 0 amide bonds. The molecule has 0 bridgehead atoms. The van der Waals surface area contributed by atoms with E-state index < -0.39 is 0 Å². The lowest BCUT2D eigenvalue weighted by Gasteiger charge is -2.30. The van der Waals surface area contributed by atoms with Crippen LogP contribution in [0.2, 0.25) is 5.02 Å². The smallest absolute Gasteiger partial charge is 0.231 e. The van der Waals surface area contributed by atoms with Gasteiger partial charge in [-0.05, 0) is 55.7 Å². The highest BCUT2D eigenvalue weighted by Gasteiger charge is 2.26. The summed E-state index contributed by atoms with van der Waals surface area (Å²) in [5.74, 6) is 5.13. The molecule has 172 valence electrons. The number of hydrogen-bond donors (Lipinski definition) is 0. The maximum absolute atomic E-state index is 6.61. The van der Waals surface area contributed by atoms with Crippen LogP contribution in [-0.4, -0.2) is 25.4 Å². The largest absolute Gasteiger partial charge is 0.496 e. The highest BCUT2D eigenvalue weighted by atomic mass is 35.5. The molecular formula is C26H27ClN2O3S. The van der Waals surface area contributed by atoms with Gasteiger partial charge < -0.3 is 19.1 Å². The molecule has 5 nitrogen and oxygen atoms in total. The van der Waals surface area contributed by atoms with E-state index in [1.54, 1.807) is 18.4 Å². The van der Waals surface area contributed by atoms with Gasteiger partial charge in [0.25, 0.3) is 0 Å². The SMILES string of the molecule is C#CCN(c1nc(-c2cc(C)c(OC)cc2Cl)c(C)s1)[C@@H](CCC)c1ccc2c(c1)OCO2. The van der Waals surface area contributed by atoms with Gasteiger partial charge in [0, 0.05) is 10.4 Å². The van der Waals surface area contributed by atoms with Crippen LogP contribution in [0.4, 0.5) is 5.13 Å². The molecule has 0 fully saturated rings. The zero-order valence-electron chi connectivity index (χ0n) is 19.3. The van der Waals surface area contributed by atoms with Gasteiger partial charge in [-0.1, -0.05) is 36.9 Å². The molecule has 4 rings (SSSR count). The Balaban J connectivity index is 1.75. The first-order valence-electron chi connectivity index (χ1n) is 10.9. The number of fused-ring (bicyclic) bond motifs is 1. The van der Waals surface area contributed by atoms with Gasteiger partial charge in [0.15, 0.2) is 16.6 Å². The van der Waals surface area contributed by atoms with Crippen molar-refractivity contribution < 1.29 is 14.2 Å². The third-order valence-electron chi connectivity index (χ3n) is 5.75. The number of rotatable bonds is 8. The third-order valence-corrected chi connectivity index (χ3v) is 7.07. The van der Waals surface area contributed by atoms with E-state index in [0.717, 1.165) is 62.5 Å². The van der Waals surface area contributed by atoms with Gasteiger partial charge in [-0.3, -0.25) is 0 Å². The number of thiazole rings is 1. The molecule has 2 aromatic carbocycles. The van der Waals surface area contributed by atoms with Crippen molar-refractivity contribution in [1.29, 1.82) is 0 Å². The number of methoxy groups -OCH3 is 1. The van der Waals surface area contributed by atoms with E-state index in [2.05, 4.69) is 36.8 Å². The maximum Gasteiger partial charge on any atom is 0.231 e. The minimum atomic E-state index is 0.0621. The average Bonchev–Trinajstić information content (AvgIpc) is 3.43. The van der Waals surface area contributed by atoms with Gasteiger partial charge in [0.2, 0.25) is 6.79 Å². The Morgan fingerprint density at radius 1 is 1.24 bits per heavy atom. The molecule has 3 aromatic rings. The van der Waals surface area contributed by atoms with Crippen LogP contribution in [-0.2, 0) is 0 Å². The van der Waals surface area contributed by atoms with Gasteiger partial charge in [-0.2, -0.15) is 0 Å². The van der Waals surface area contributed by atoms with Crippen molar-refractivity contribution in [3.63, 3.8) is 0 Å². The molecule has 0 spiro atoms. The first-order valence-corrected chi connectivity index (χ1v) is 12.1. The lowest BCUT2D eigenvalue weighted by Crippen LogP contribution is -2.29. The first kappa shape index (κ1) is 23.3. The Morgan fingerprint density at radius 2 is 2.03 bits per heavy atom. The minimum Gasteiger partial charge on any atom is -0.496 e. The topological polar surface area (TPSA) is 43.8 Å². The molecule has 2 heterocycles. The predicted molar refractivity (Wildman–Crippen MR) is 135 cm³/mol. The fraction of sp³-hybridized carbons (Fsp3) is 0.346. The summed E-state index contributed by atoms with van der Waals surface area (Å²) in [6.07, 6.45) is 7.74. The average molecular weight is 483 g/mol. The lowest BCUT2D eigenvalue weighted by molar-refractivity contribution is 0.174. The number of benzene rings is 2. The number of hydrogen-bond acceptors (Lipinski definition) is 6. The summed E-state index contributed by atoms with van der Waals surface area (Å²) in [5, 5.41) is 1.49. The second kappa shape index (κ2) is 9.94. The van der Waals surface area contributed by atoms with Crippen molar-refractivity contribution >= 4 is 28.1 Å². The zero-order valence-corrected chi connectivity index (χ0v) is 20.8. The van der Waals surface area contributed by atoms with Crippen LogP contribution in [0.1, 0.15) is 41.8 Å². The number of aryl methyl sites for hydroxylation is 2. The predicted octanol–water partition coefficient (Wildman–Crippen LogP) is 6.80. The molecular weight excluding hydrogens is 456 g/mol. The maximum atomic E-state index is 6.61. The van der Waals surface area contributed by atoms with E-state index in [4.69, 9.17) is 37.2 Å². The number of aromatic nitrogens is 1. The number of ether oxygens (including phenoxy) is 3. The zero-order chi connectivity index (χ0) is 23.5. The summed E-state index contributed by atoms with van der Waals surface area (Å²) in [6, 6.07) is 10.0. The quantitative estimate of drug-likeness (QED) is 0.330. The molecule has 1 aliphatic heterocycles. The number of halogens is 1. The van der Waals surface area contributed by atoms with Crippen LogP contribution < -0.4 is 19.1 Å². The molecule has 7 heteroatoms. The highest BCUT2D eigenvalue weighted by Crippen LogP contribution is 2.42. The molecule has 1 aromatic heterocycles. The van der Waals surface area contributed by atoms with Crippen molar-refractivity contribution in [2.24, 2.45) is 0 Å². The molecule has 1 atom stereocenters. The normalized spacial score (nSPS) is 13.0. The standard InChI is InChI=1S/C26H27ClN2O3S/c1-6-8-21(18-9-10-22-24(13-18)32-15-31-22)29(11-7-2)26-28-25(17(4)33-26)19-12-16(3)23(30-5)14-20(19)27/h2,9-10,12-14,21H,6,8,11,15H2,1,3-5H3/t21-/m0/s1. The summed E-state index contributed by atoms with van der Waals surface area (Å²) >= 11 is 8.24. The second-order valence-corrected chi connectivity index (χ2v) is 9.54. The first-order chi connectivity index (χ1) is 16.0. The fourth-order valence-electron chi connectivity index (χ4n) is 4.13. The number of nitrogens with zero attached hydrogens (tertiary/aromatic N) is 2. The van der Waals surface area contributed by atoms with Crippen LogP contribution in [0.15, 0.2) is 30.3 Å². The number of terminal acetylenes is 1. The van der Waals surface area contributed by atoms with E-state index in [1.165, 1.54) is 0 Å². The van der Waals surface area contributed by atoms with Crippen molar-refractivity contribution in [2.75, 3.05) is 25.3 Å². The molecule has 0 aliphatic carbocycles. The van der Waals surface area contributed by atoms with E-state index >= 15 is 0 Å². The lowest BCUT2D eigenvalue weighted by atomic mass is 10.00. The van der Waals surface area contributed by atoms with E-state index in [-0.39, 0.29) is 12.8 Å². The van der Waals surface area contributed by atoms with E-state index in [9.17, 15) is 0 Å². The van der Waals surface area contributed by atoms with Crippen molar-refractivity contribution in [3.05, 3.63) is 51.4 Å². The van der Waals surface area contributed by atoms with Crippen molar-refractivity contribution in [3.8, 4) is 40.8 Å². The highest BCUT2D eigenvalue weighted by molar-refractivity contribution is 7.16. The van der Waals surface area contributed by atoms with Crippen molar-refractivity contribution in [2.45, 2.75) is 39.7 Å². The van der Waals surface area contributed by atoms with Gasteiger partial charge in [-0.25, -0.2) is 4.98 Å². The Kier molecular flexibility index (Phi) is 7.02. The molecule has 0 saturated heterocycles. The Morgan fingerprint density at radius 3 is 2.76 bits per heavy atom. The van der Waals surface area contributed by atoms with Crippen molar-refractivity contribution in [1.82, 2.24) is 4.98 Å². The van der Waals surface area contributed by atoms with Gasteiger partial charge in [0.1, 0.15) is 5.75 Å². The van der Waals surface area contributed by atoms with Crippen LogP contribution >= 0.6 is 22.9 Å². The summed E-state index contributed by atoms with van der Waals surface area (Å²) in [4.78, 5) is 8.31.